The molecule has 0 amide bonds. The number of rotatable bonds is 5. The number of aromatic carboxylic acids is 1. The fourth-order valence-electron chi connectivity index (χ4n) is 2.80. The van der Waals surface area contributed by atoms with E-state index in [1.807, 2.05) is 6.92 Å². The van der Waals surface area contributed by atoms with Gasteiger partial charge in [0.05, 0.1) is 17.6 Å². The zero-order chi connectivity index (χ0) is 17.3. The first-order chi connectivity index (χ1) is 11.5. The van der Waals surface area contributed by atoms with Crippen LogP contribution in [0.25, 0.3) is 11.0 Å². The molecular weight excluding hydrogens is 304 g/mol. The third kappa shape index (κ3) is 2.97. The standard InChI is InChI=1S/C19H20N2O3/c1-12-10-16-17(11-13(12)2)21(14(3)20-16)8-9-24-18-7-5-4-6-15(18)19(22)23/h4-7,10-11H,8-9H2,1-3H3,(H,22,23). The lowest BCUT2D eigenvalue weighted by molar-refractivity contribution is 0.0692. The first-order valence-corrected chi connectivity index (χ1v) is 7.86. The number of benzene rings is 2. The Hall–Kier alpha value is -2.82. The molecular formula is C19H20N2O3. The van der Waals surface area contributed by atoms with Gasteiger partial charge in [0, 0.05) is 0 Å². The summed E-state index contributed by atoms with van der Waals surface area (Å²) in [4.78, 5) is 15.8. The van der Waals surface area contributed by atoms with Crippen molar-refractivity contribution in [3.8, 4) is 5.75 Å². The van der Waals surface area contributed by atoms with E-state index in [0.717, 1.165) is 16.9 Å². The third-order valence-corrected chi connectivity index (χ3v) is 4.24. The van der Waals surface area contributed by atoms with E-state index in [9.17, 15) is 9.90 Å². The number of para-hydroxylation sites is 1. The lowest BCUT2D eigenvalue weighted by Crippen LogP contribution is -2.11. The second kappa shape index (κ2) is 6.35. The molecule has 0 atom stereocenters. The zero-order valence-electron chi connectivity index (χ0n) is 14.0. The SMILES string of the molecule is Cc1cc2nc(C)n(CCOc3ccccc3C(=O)O)c2cc1C. The second-order valence-electron chi connectivity index (χ2n) is 5.89. The van der Waals surface area contributed by atoms with E-state index in [4.69, 9.17) is 4.74 Å². The van der Waals surface area contributed by atoms with E-state index in [1.54, 1.807) is 24.3 Å². The zero-order valence-corrected chi connectivity index (χ0v) is 14.0. The minimum absolute atomic E-state index is 0.177. The van der Waals surface area contributed by atoms with Crippen molar-refractivity contribution in [3.05, 3.63) is 58.9 Å². The summed E-state index contributed by atoms with van der Waals surface area (Å²) in [7, 11) is 0. The van der Waals surface area contributed by atoms with Crippen LogP contribution < -0.4 is 4.74 Å². The number of fused-ring (bicyclic) bond motifs is 1. The van der Waals surface area contributed by atoms with Gasteiger partial charge >= 0.3 is 5.97 Å². The molecule has 0 radical (unpaired) electrons. The topological polar surface area (TPSA) is 64.4 Å². The molecule has 5 nitrogen and oxygen atoms in total. The highest BCUT2D eigenvalue weighted by Crippen LogP contribution is 2.21. The van der Waals surface area contributed by atoms with Crippen LogP contribution >= 0.6 is 0 Å². The minimum Gasteiger partial charge on any atom is -0.491 e. The van der Waals surface area contributed by atoms with Crippen molar-refractivity contribution in [2.75, 3.05) is 6.61 Å². The van der Waals surface area contributed by atoms with E-state index < -0.39 is 5.97 Å². The quantitative estimate of drug-likeness (QED) is 0.776. The fraction of sp³-hybridized carbons (Fsp3) is 0.263. The Morgan fingerprint density at radius 3 is 2.62 bits per heavy atom. The molecule has 1 aromatic heterocycles. The fourth-order valence-corrected chi connectivity index (χ4v) is 2.80. The molecule has 2 aromatic carbocycles. The van der Waals surface area contributed by atoms with Crippen LogP contribution in [0.5, 0.6) is 5.75 Å². The van der Waals surface area contributed by atoms with Crippen LogP contribution in [0.1, 0.15) is 27.3 Å². The number of carbonyl (C=O) groups is 1. The molecule has 1 heterocycles. The summed E-state index contributed by atoms with van der Waals surface area (Å²) in [6.07, 6.45) is 0. The van der Waals surface area contributed by atoms with Crippen LogP contribution in [-0.2, 0) is 6.54 Å². The molecule has 3 rings (SSSR count). The van der Waals surface area contributed by atoms with Crippen molar-refractivity contribution in [1.29, 1.82) is 0 Å². The first kappa shape index (κ1) is 16.1. The van der Waals surface area contributed by atoms with Crippen LogP contribution in [0.2, 0.25) is 0 Å². The predicted octanol–water partition coefficient (Wildman–Crippen LogP) is 3.74. The molecule has 0 aliphatic rings. The average molecular weight is 324 g/mol. The Balaban J connectivity index is 1.81. The minimum atomic E-state index is -0.985. The number of aromatic nitrogens is 2. The number of hydrogen-bond acceptors (Lipinski definition) is 3. The van der Waals surface area contributed by atoms with Crippen LogP contribution in [0, 0.1) is 20.8 Å². The van der Waals surface area contributed by atoms with E-state index in [-0.39, 0.29) is 5.56 Å². The van der Waals surface area contributed by atoms with Crippen LogP contribution in [-0.4, -0.2) is 27.2 Å². The maximum absolute atomic E-state index is 11.2. The van der Waals surface area contributed by atoms with Gasteiger partial charge in [0.1, 0.15) is 23.7 Å². The van der Waals surface area contributed by atoms with Crippen LogP contribution in [0.15, 0.2) is 36.4 Å². The summed E-state index contributed by atoms with van der Waals surface area (Å²) in [6, 6.07) is 10.9. The Bertz CT molecular complexity index is 912. The number of aryl methyl sites for hydroxylation is 3. The Morgan fingerprint density at radius 1 is 1.17 bits per heavy atom. The van der Waals surface area contributed by atoms with Crippen molar-refractivity contribution in [2.24, 2.45) is 0 Å². The Labute approximate surface area is 140 Å². The van der Waals surface area contributed by atoms with Gasteiger partial charge in [-0.25, -0.2) is 9.78 Å². The van der Waals surface area contributed by atoms with Crippen molar-refractivity contribution in [2.45, 2.75) is 27.3 Å². The predicted molar refractivity (Wildman–Crippen MR) is 92.8 cm³/mol. The van der Waals surface area contributed by atoms with Gasteiger partial charge in [-0.05, 0) is 56.2 Å². The summed E-state index contributed by atoms with van der Waals surface area (Å²) in [5.41, 5.74) is 4.67. The molecule has 0 aliphatic heterocycles. The van der Waals surface area contributed by atoms with Gasteiger partial charge in [0.25, 0.3) is 0 Å². The number of imidazole rings is 1. The third-order valence-electron chi connectivity index (χ3n) is 4.24. The molecule has 0 saturated carbocycles. The maximum atomic E-state index is 11.2. The largest absolute Gasteiger partial charge is 0.491 e. The number of nitrogens with zero attached hydrogens (tertiary/aromatic N) is 2. The Kier molecular flexibility index (Phi) is 4.25. The van der Waals surface area contributed by atoms with Gasteiger partial charge in [-0.15, -0.1) is 0 Å². The number of carboxylic acid groups (broad SMARTS) is 1. The normalized spacial score (nSPS) is 11.0. The van der Waals surface area contributed by atoms with Crippen molar-refractivity contribution in [1.82, 2.24) is 9.55 Å². The molecule has 0 saturated heterocycles. The van der Waals surface area contributed by atoms with E-state index in [0.29, 0.717) is 18.9 Å². The van der Waals surface area contributed by atoms with Gasteiger partial charge in [0.15, 0.2) is 0 Å². The number of ether oxygens (including phenoxy) is 1. The average Bonchev–Trinajstić information content (AvgIpc) is 2.83. The first-order valence-electron chi connectivity index (χ1n) is 7.86. The molecule has 24 heavy (non-hydrogen) atoms. The summed E-state index contributed by atoms with van der Waals surface area (Å²) in [5.74, 6) is 0.324. The molecule has 0 spiro atoms. The molecule has 124 valence electrons. The van der Waals surface area contributed by atoms with Gasteiger partial charge < -0.3 is 14.4 Å². The highest BCUT2D eigenvalue weighted by atomic mass is 16.5. The summed E-state index contributed by atoms with van der Waals surface area (Å²) < 4.78 is 7.80. The van der Waals surface area contributed by atoms with E-state index >= 15 is 0 Å². The monoisotopic (exact) mass is 324 g/mol. The molecule has 1 N–H and O–H groups in total. The molecule has 0 aliphatic carbocycles. The van der Waals surface area contributed by atoms with Gasteiger partial charge in [0.2, 0.25) is 0 Å². The van der Waals surface area contributed by atoms with E-state index in [1.165, 1.54) is 11.1 Å². The summed E-state index contributed by atoms with van der Waals surface area (Å²) >= 11 is 0. The Morgan fingerprint density at radius 2 is 1.88 bits per heavy atom. The lowest BCUT2D eigenvalue weighted by atomic mass is 10.1. The smallest absolute Gasteiger partial charge is 0.339 e. The lowest BCUT2D eigenvalue weighted by Gasteiger charge is -2.11. The highest BCUT2D eigenvalue weighted by molar-refractivity contribution is 5.90. The van der Waals surface area contributed by atoms with Crippen LogP contribution in [0.4, 0.5) is 0 Å². The molecule has 0 unspecified atom stereocenters. The molecule has 3 aromatic rings. The maximum Gasteiger partial charge on any atom is 0.339 e. The van der Waals surface area contributed by atoms with Crippen molar-refractivity contribution in [3.63, 3.8) is 0 Å². The number of hydrogen-bond donors (Lipinski definition) is 1. The summed E-state index contributed by atoms with van der Waals surface area (Å²) in [6.45, 7) is 7.12. The molecule has 5 heteroatoms. The highest BCUT2D eigenvalue weighted by Gasteiger charge is 2.12. The van der Waals surface area contributed by atoms with Gasteiger partial charge in [-0.2, -0.15) is 0 Å². The number of carboxylic acids is 1. The van der Waals surface area contributed by atoms with Crippen molar-refractivity contribution >= 4 is 17.0 Å². The van der Waals surface area contributed by atoms with Gasteiger partial charge in [-0.3, -0.25) is 0 Å². The molecule has 0 fully saturated rings. The molecule has 0 bridgehead atoms. The summed E-state index contributed by atoms with van der Waals surface area (Å²) in [5, 5.41) is 9.20. The van der Waals surface area contributed by atoms with Crippen LogP contribution in [0.3, 0.4) is 0 Å². The van der Waals surface area contributed by atoms with E-state index in [2.05, 4.69) is 35.5 Å². The van der Waals surface area contributed by atoms with Crippen molar-refractivity contribution < 1.29 is 14.6 Å². The van der Waals surface area contributed by atoms with Gasteiger partial charge in [-0.1, -0.05) is 12.1 Å². The second-order valence-corrected chi connectivity index (χ2v) is 5.89.